The molecular formula is C22H27N5O2. The van der Waals surface area contributed by atoms with Gasteiger partial charge in [0, 0.05) is 29.7 Å². The summed E-state index contributed by atoms with van der Waals surface area (Å²) in [4.78, 5) is 21.2. The topological polar surface area (TPSA) is 92.1 Å². The Kier molecular flexibility index (Phi) is 5.49. The van der Waals surface area contributed by atoms with Crippen LogP contribution in [0.3, 0.4) is 0 Å². The van der Waals surface area contributed by atoms with E-state index in [1.54, 1.807) is 6.20 Å². The lowest BCUT2D eigenvalue weighted by Crippen LogP contribution is -2.29. The lowest BCUT2D eigenvalue weighted by Gasteiger charge is -2.26. The molecule has 1 saturated carbocycles. The summed E-state index contributed by atoms with van der Waals surface area (Å²) in [5.74, 6) is 1.27. The van der Waals surface area contributed by atoms with Gasteiger partial charge in [-0.25, -0.2) is 4.98 Å². The van der Waals surface area contributed by atoms with E-state index in [0.29, 0.717) is 5.95 Å². The molecule has 0 spiro atoms. The highest BCUT2D eigenvalue weighted by molar-refractivity contribution is 6.02. The number of carbonyl (C=O) groups excluding carboxylic acids is 1. The lowest BCUT2D eigenvalue weighted by atomic mass is 9.93. The minimum absolute atomic E-state index is 0.00336. The molecule has 2 aromatic heterocycles. The van der Waals surface area contributed by atoms with E-state index in [4.69, 9.17) is 0 Å². The van der Waals surface area contributed by atoms with Gasteiger partial charge in [0.1, 0.15) is 5.82 Å². The molecule has 29 heavy (non-hydrogen) atoms. The maximum absolute atomic E-state index is 12.1. The zero-order valence-electron chi connectivity index (χ0n) is 16.8. The van der Waals surface area contributed by atoms with Gasteiger partial charge < -0.3 is 20.3 Å². The third-order valence-corrected chi connectivity index (χ3v) is 5.43. The molecule has 1 amide bonds. The summed E-state index contributed by atoms with van der Waals surface area (Å²) in [6.45, 7) is 3.76. The van der Waals surface area contributed by atoms with Crippen LogP contribution in [0.2, 0.25) is 0 Å². The van der Waals surface area contributed by atoms with E-state index in [-0.39, 0.29) is 24.0 Å². The fraction of sp³-hybridized carbons (Fsp3) is 0.409. The molecule has 7 heteroatoms. The smallest absolute Gasteiger partial charge is 0.226 e. The van der Waals surface area contributed by atoms with Crippen LogP contribution in [0, 0.1) is 5.92 Å². The van der Waals surface area contributed by atoms with Crippen LogP contribution >= 0.6 is 0 Å². The maximum Gasteiger partial charge on any atom is 0.226 e. The van der Waals surface area contributed by atoms with Gasteiger partial charge in [0.05, 0.1) is 17.3 Å². The van der Waals surface area contributed by atoms with E-state index in [1.165, 1.54) is 0 Å². The van der Waals surface area contributed by atoms with E-state index >= 15 is 0 Å². The summed E-state index contributed by atoms with van der Waals surface area (Å²) in [5, 5.41) is 17.0. The number of nitrogens with zero attached hydrogens (tertiary/aromatic N) is 3. The van der Waals surface area contributed by atoms with E-state index in [0.717, 1.165) is 48.1 Å². The Labute approximate surface area is 170 Å². The highest BCUT2D eigenvalue weighted by Gasteiger charge is 2.20. The SMILES string of the molecule is CC(C)C(=O)Nc1cccc2c1ccn2-c1ccnc(N[C@H]2CC[C@H](O)CC2)n1. The molecule has 0 bridgehead atoms. The molecule has 1 aliphatic carbocycles. The Bertz CT molecular complexity index is 1010. The first-order valence-electron chi connectivity index (χ1n) is 10.2. The second-order valence-corrected chi connectivity index (χ2v) is 7.96. The first-order valence-corrected chi connectivity index (χ1v) is 10.2. The van der Waals surface area contributed by atoms with Crippen LogP contribution in [-0.4, -0.2) is 37.7 Å². The van der Waals surface area contributed by atoms with Crippen LogP contribution in [0.4, 0.5) is 11.6 Å². The van der Waals surface area contributed by atoms with Crippen molar-refractivity contribution in [1.82, 2.24) is 14.5 Å². The van der Waals surface area contributed by atoms with Crippen molar-refractivity contribution in [2.24, 2.45) is 5.92 Å². The zero-order chi connectivity index (χ0) is 20.4. The van der Waals surface area contributed by atoms with Gasteiger partial charge in [-0.1, -0.05) is 19.9 Å². The molecule has 7 nitrogen and oxygen atoms in total. The van der Waals surface area contributed by atoms with Gasteiger partial charge in [0.2, 0.25) is 11.9 Å². The molecule has 152 valence electrons. The first-order chi connectivity index (χ1) is 14.0. The first kappa shape index (κ1) is 19.4. The van der Waals surface area contributed by atoms with Gasteiger partial charge in [0.25, 0.3) is 0 Å². The monoisotopic (exact) mass is 393 g/mol. The quantitative estimate of drug-likeness (QED) is 0.614. The highest BCUT2D eigenvalue weighted by atomic mass is 16.3. The molecular weight excluding hydrogens is 366 g/mol. The average molecular weight is 393 g/mol. The molecule has 0 aliphatic heterocycles. The number of carbonyl (C=O) groups is 1. The van der Waals surface area contributed by atoms with Crippen LogP contribution in [-0.2, 0) is 4.79 Å². The minimum Gasteiger partial charge on any atom is -0.393 e. The number of aliphatic hydroxyl groups is 1. The van der Waals surface area contributed by atoms with Crippen molar-refractivity contribution in [3.63, 3.8) is 0 Å². The van der Waals surface area contributed by atoms with Crippen molar-refractivity contribution < 1.29 is 9.90 Å². The summed E-state index contributed by atoms with van der Waals surface area (Å²) in [7, 11) is 0. The standard InChI is InChI=1S/C22H27N5O2/c1-14(2)21(29)25-18-4-3-5-19-17(18)11-13-27(19)20-10-12-23-22(26-20)24-15-6-8-16(28)9-7-15/h3-5,10-16,28H,6-9H2,1-2H3,(H,25,29)(H,23,24,26)/t15-,16-. The molecule has 1 aliphatic rings. The number of benzene rings is 1. The minimum atomic E-state index is -0.183. The average Bonchev–Trinajstić information content (AvgIpc) is 3.15. The second kappa shape index (κ2) is 8.21. The molecule has 0 radical (unpaired) electrons. The van der Waals surface area contributed by atoms with Gasteiger partial charge in [-0.15, -0.1) is 0 Å². The van der Waals surface area contributed by atoms with Crippen LogP contribution in [0.5, 0.6) is 0 Å². The van der Waals surface area contributed by atoms with Gasteiger partial charge in [-0.05, 0) is 49.9 Å². The predicted octanol–water partition coefficient (Wildman–Crippen LogP) is 3.73. The number of rotatable bonds is 5. The third-order valence-electron chi connectivity index (χ3n) is 5.43. The number of hydrogen-bond acceptors (Lipinski definition) is 5. The van der Waals surface area contributed by atoms with E-state index < -0.39 is 0 Å². The Hall–Kier alpha value is -2.93. The molecule has 3 aromatic rings. The van der Waals surface area contributed by atoms with Crippen LogP contribution in [0.1, 0.15) is 39.5 Å². The van der Waals surface area contributed by atoms with E-state index in [2.05, 4.69) is 20.6 Å². The largest absolute Gasteiger partial charge is 0.393 e. The Balaban J connectivity index is 1.59. The predicted molar refractivity (Wildman–Crippen MR) is 114 cm³/mol. The molecule has 1 aromatic carbocycles. The number of hydrogen-bond donors (Lipinski definition) is 3. The van der Waals surface area contributed by atoms with Crippen LogP contribution in [0.25, 0.3) is 16.7 Å². The number of amides is 1. The van der Waals surface area contributed by atoms with Crippen LogP contribution in [0.15, 0.2) is 42.7 Å². The summed E-state index contributed by atoms with van der Waals surface area (Å²) >= 11 is 0. The van der Waals surface area contributed by atoms with Gasteiger partial charge >= 0.3 is 0 Å². The maximum atomic E-state index is 12.1. The highest BCUT2D eigenvalue weighted by Crippen LogP contribution is 2.27. The summed E-state index contributed by atoms with van der Waals surface area (Å²) in [6.07, 6.45) is 6.98. The molecule has 4 rings (SSSR count). The molecule has 0 unspecified atom stereocenters. The van der Waals surface area contributed by atoms with Gasteiger partial charge in [0.15, 0.2) is 0 Å². The molecule has 3 N–H and O–H groups in total. The Morgan fingerprint density at radius 1 is 1.17 bits per heavy atom. The van der Waals surface area contributed by atoms with Crippen molar-refractivity contribution in [1.29, 1.82) is 0 Å². The molecule has 2 heterocycles. The lowest BCUT2D eigenvalue weighted by molar-refractivity contribution is -0.118. The zero-order valence-corrected chi connectivity index (χ0v) is 16.8. The molecule has 0 saturated heterocycles. The number of fused-ring (bicyclic) bond motifs is 1. The third kappa shape index (κ3) is 4.24. The number of nitrogens with one attached hydrogen (secondary N) is 2. The fourth-order valence-corrected chi connectivity index (χ4v) is 3.71. The molecule has 0 atom stereocenters. The molecule has 1 fully saturated rings. The van der Waals surface area contributed by atoms with Crippen molar-refractivity contribution in [2.45, 2.75) is 51.7 Å². The normalized spacial score (nSPS) is 19.4. The number of anilines is 2. The van der Waals surface area contributed by atoms with E-state index in [9.17, 15) is 9.90 Å². The summed E-state index contributed by atoms with van der Waals surface area (Å²) < 4.78 is 2.00. The van der Waals surface area contributed by atoms with Crippen molar-refractivity contribution in [2.75, 3.05) is 10.6 Å². The number of aromatic nitrogens is 3. The van der Waals surface area contributed by atoms with Crippen molar-refractivity contribution >= 4 is 28.4 Å². The number of aliphatic hydroxyl groups excluding tert-OH is 1. The van der Waals surface area contributed by atoms with Gasteiger partial charge in [-0.2, -0.15) is 4.98 Å². The van der Waals surface area contributed by atoms with Crippen molar-refractivity contribution in [3.05, 3.63) is 42.7 Å². The summed E-state index contributed by atoms with van der Waals surface area (Å²) in [6, 6.07) is 10.0. The summed E-state index contributed by atoms with van der Waals surface area (Å²) in [5.41, 5.74) is 1.77. The van der Waals surface area contributed by atoms with E-state index in [1.807, 2.05) is 54.9 Å². The van der Waals surface area contributed by atoms with Crippen LogP contribution < -0.4 is 10.6 Å². The van der Waals surface area contributed by atoms with Gasteiger partial charge in [-0.3, -0.25) is 4.79 Å². The second-order valence-electron chi connectivity index (χ2n) is 7.96. The fourth-order valence-electron chi connectivity index (χ4n) is 3.71. The Morgan fingerprint density at radius 3 is 2.72 bits per heavy atom. The Morgan fingerprint density at radius 2 is 1.97 bits per heavy atom. The van der Waals surface area contributed by atoms with Crippen molar-refractivity contribution in [3.8, 4) is 5.82 Å².